The smallest absolute Gasteiger partial charge is 0.0709 e. The standard InChI is InChI=1S/C23H27N/c1-3-4-5-6-7-8-19-10-12-20(13-11-19)22-16-14-21-17-18(2)9-15-23(21)24-22/h9-17H,3-8H2,1-2H3. The number of aromatic nitrogens is 1. The Morgan fingerprint density at radius 1 is 0.792 bits per heavy atom. The van der Waals surface area contributed by atoms with E-state index < -0.39 is 0 Å². The van der Waals surface area contributed by atoms with Crippen LogP contribution in [0, 0.1) is 6.92 Å². The SMILES string of the molecule is CCCCCCCc1ccc(-c2ccc3cc(C)ccc3n2)cc1. The van der Waals surface area contributed by atoms with E-state index in [0.717, 1.165) is 11.2 Å². The number of hydrogen-bond acceptors (Lipinski definition) is 1. The second-order valence-corrected chi connectivity index (χ2v) is 6.75. The molecule has 0 unspecified atom stereocenters. The highest BCUT2D eigenvalue weighted by Gasteiger charge is 2.02. The maximum absolute atomic E-state index is 4.81. The van der Waals surface area contributed by atoms with E-state index in [1.165, 1.54) is 60.6 Å². The summed E-state index contributed by atoms with van der Waals surface area (Å²) in [5, 5.41) is 1.21. The summed E-state index contributed by atoms with van der Waals surface area (Å²) in [7, 11) is 0. The van der Waals surface area contributed by atoms with Crippen molar-refractivity contribution >= 4 is 10.9 Å². The van der Waals surface area contributed by atoms with Crippen molar-refractivity contribution in [3.8, 4) is 11.3 Å². The summed E-state index contributed by atoms with van der Waals surface area (Å²) in [5.41, 5.74) is 6.04. The third-order valence-corrected chi connectivity index (χ3v) is 4.66. The molecule has 0 spiro atoms. The Morgan fingerprint density at radius 2 is 1.58 bits per heavy atom. The first kappa shape index (κ1) is 16.7. The molecule has 0 fully saturated rings. The molecule has 24 heavy (non-hydrogen) atoms. The normalized spacial score (nSPS) is 11.1. The highest BCUT2D eigenvalue weighted by atomic mass is 14.7. The first-order valence-electron chi connectivity index (χ1n) is 9.23. The summed E-state index contributed by atoms with van der Waals surface area (Å²) in [6.07, 6.45) is 7.89. The van der Waals surface area contributed by atoms with Gasteiger partial charge in [-0.1, -0.05) is 74.6 Å². The van der Waals surface area contributed by atoms with Crippen molar-refractivity contribution in [2.75, 3.05) is 0 Å². The Balaban J connectivity index is 1.68. The molecule has 3 aromatic rings. The fourth-order valence-electron chi connectivity index (χ4n) is 3.18. The van der Waals surface area contributed by atoms with Gasteiger partial charge in [0.25, 0.3) is 0 Å². The van der Waals surface area contributed by atoms with Gasteiger partial charge in [-0.05, 0) is 43.5 Å². The van der Waals surface area contributed by atoms with Gasteiger partial charge in [-0.3, -0.25) is 0 Å². The van der Waals surface area contributed by atoms with E-state index in [0.29, 0.717) is 0 Å². The van der Waals surface area contributed by atoms with E-state index in [-0.39, 0.29) is 0 Å². The Kier molecular flexibility index (Phi) is 5.63. The molecule has 1 aromatic heterocycles. The van der Waals surface area contributed by atoms with E-state index >= 15 is 0 Å². The molecule has 2 aromatic carbocycles. The Labute approximate surface area is 145 Å². The van der Waals surface area contributed by atoms with Crippen LogP contribution in [0.4, 0.5) is 0 Å². The van der Waals surface area contributed by atoms with E-state index in [9.17, 15) is 0 Å². The molecule has 1 heterocycles. The summed E-state index contributed by atoms with van der Waals surface area (Å²) in [6.45, 7) is 4.38. The van der Waals surface area contributed by atoms with Crippen LogP contribution in [0.5, 0.6) is 0 Å². The molecule has 0 amide bonds. The summed E-state index contributed by atoms with van der Waals surface area (Å²) >= 11 is 0. The number of benzene rings is 2. The zero-order valence-corrected chi connectivity index (χ0v) is 14.9. The average Bonchev–Trinajstić information content (AvgIpc) is 2.62. The third-order valence-electron chi connectivity index (χ3n) is 4.66. The van der Waals surface area contributed by atoms with Crippen molar-refractivity contribution in [2.24, 2.45) is 0 Å². The molecule has 3 rings (SSSR count). The van der Waals surface area contributed by atoms with Crippen molar-refractivity contribution in [1.82, 2.24) is 4.98 Å². The first-order chi connectivity index (χ1) is 11.8. The molecule has 1 heteroatoms. The maximum Gasteiger partial charge on any atom is 0.0709 e. The molecule has 0 saturated carbocycles. The van der Waals surface area contributed by atoms with Gasteiger partial charge in [0.2, 0.25) is 0 Å². The molecule has 0 N–H and O–H groups in total. The lowest BCUT2D eigenvalue weighted by molar-refractivity contribution is 0.632. The highest BCUT2D eigenvalue weighted by molar-refractivity contribution is 5.82. The first-order valence-corrected chi connectivity index (χ1v) is 9.23. The van der Waals surface area contributed by atoms with E-state index in [4.69, 9.17) is 4.98 Å². The minimum atomic E-state index is 1.06. The lowest BCUT2D eigenvalue weighted by atomic mass is 10.0. The van der Waals surface area contributed by atoms with Crippen LogP contribution in [-0.4, -0.2) is 4.98 Å². The largest absolute Gasteiger partial charge is 0.248 e. The maximum atomic E-state index is 4.81. The quantitative estimate of drug-likeness (QED) is 0.441. The molecule has 0 radical (unpaired) electrons. The zero-order chi connectivity index (χ0) is 16.8. The molecule has 0 atom stereocenters. The van der Waals surface area contributed by atoms with Crippen molar-refractivity contribution in [2.45, 2.75) is 52.4 Å². The minimum Gasteiger partial charge on any atom is -0.248 e. The van der Waals surface area contributed by atoms with Crippen LogP contribution in [0.2, 0.25) is 0 Å². The number of aryl methyl sites for hydroxylation is 2. The lowest BCUT2D eigenvalue weighted by Gasteiger charge is -2.06. The van der Waals surface area contributed by atoms with Gasteiger partial charge in [-0.2, -0.15) is 0 Å². The topological polar surface area (TPSA) is 12.9 Å². The summed E-state index contributed by atoms with van der Waals surface area (Å²) in [5.74, 6) is 0. The molecular weight excluding hydrogens is 290 g/mol. The fourth-order valence-corrected chi connectivity index (χ4v) is 3.18. The van der Waals surface area contributed by atoms with Gasteiger partial charge < -0.3 is 0 Å². The second kappa shape index (κ2) is 8.10. The molecule has 0 aliphatic rings. The molecule has 0 saturated heterocycles. The van der Waals surface area contributed by atoms with Crippen LogP contribution in [0.25, 0.3) is 22.2 Å². The third kappa shape index (κ3) is 4.23. The number of nitrogens with zero attached hydrogens (tertiary/aromatic N) is 1. The van der Waals surface area contributed by atoms with Crippen LogP contribution in [0.15, 0.2) is 54.6 Å². The average molecular weight is 317 g/mol. The molecule has 0 bridgehead atoms. The van der Waals surface area contributed by atoms with Gasteiger partial charge in [-0.25, -0.2) is 4.98 Å². The van der Waals surface area contributed by atoms with Crippen molar-refractivity contribution < 1.29 is 0 Å². The van der Waals surface area contributed by atoms with Crippen LogP contribution in [0.1, 0.15) is 50.2 Å². The summed E-state index contributed by atoms with van der Waals surface area (Å²) < 4.78 is 0. The van der Waals surface area contributed by atoms with Crippen molar-refractivity contribution in [3.63, 3.8) is 0 Å². The predicted octanol–water partition coefficient (Wildman–Crippen LogP) is 6.72. The zero-order valence-electron chi connectivity index (χ0n) is 14.9. The van der Waals surface area contributed by atoms with Crippen LogP contribution < -0.4 is 0 Å². The van der Waals surface area contributed by atoms with Crippen LogP contribution >= 0.6 is 0 Å². The van der Waals surface area contributed by atoms with Gasteiger partial charge in [-0.15, -0.1) is 0 Å². The minimum absolute atomic E-state index is 1.06. The predicted molar refractivity (Wildman–Crippen MR) is 104 cm³/mol. The Morgan fingerprint density at radius 3 is 2.38 bits per heavy atom. The van der Waals surface area contributed by atoms with Crippen molar-refractivity contribution in [1.29, 1.82) is 0 Å². The highest BCUT2D eigenvalue weighted by Crippen LogP contribution is 2.22. The summed E-state index contributed by atoms with van der Waals surface area (Å²) in [4.78, 5) is 4.81. The molecular formula is C23H27N. The molecule has 1 nitrogen and oxygen atoms in total. The second-order valence-electron chi connectivity index (χ2n) is 6.75. The molecule has 0 aliphatic heterocycles. The van der Waals surface area contributed by atoms with E-state index in [1.807, 2.05) is 0 Å². The number of pyridine rings is 1. The number of hydrogen-bond donors (Lipinski definition) is 0. The van der Waals surface area contributed by atoms with Gasteiger partial charge in [0.15, 0.2) is 0 Å². The summed E-state index contributed by atoms with van der Waals surface area (Å²) in [6, 6.07) is 19.7. The van der Waals surface area contributed by atoms with Gasteiger partial charge in [0.1, 0.15) is 0 Å². The Bertz CT molecular complexity index is 787. The number of rotatable bonds is 7. The number of unbranched alkanes of at least 4 members (excludes halogenated alkanes) is 4. The van der Waals surface area contributed by atoms with Crippen LogP contribution in [0.3, 0.4) is 0 Å². The van der Waals surface area contributed by atoms with Crippen molar-refractivity contribution in [3.05, 3.63) is 65.7 Å². The van der Waals surface area contributed by atoms with Gasteiger partial charge in [0.05, 0.1) is 11.2 Å². The molecule has 0 aliphatic carbocycles. The van der Waals surface area contributed by atoms with Gasteiger partial charge >= 0.3 is 0 Å². The number of fused-ring (bicyclic) bond motifs is 1. The van der Waals surface area contributed by atoms with E-state index in [2.05, 4.69) is 68.4 Å². The van der Waals surface area contributed by atoms with E-state index in [1.54, 1.807) is 0 Å². The van der Waals surface area contributed by atoms with Gasteiger partial charge in [0, 0.05) is 10.9 Å². The lowest BCUT2D eigenvalue weighted by Crippen LogP contribution is -1.89. The Hall–Kier alpha value is -2.15. The fraction of sp³-hybridized carbons (Fsp3) is 0.348. The monoisotopic (exact) mass is 317 g/mol. The van der Waals surface area contributed by atoms with Crippen LogP contribution in [-0.2, 0) is 6.42 Å². The molecule has 124 valence electrons.